The van der Waals surface area contributed by atoms with Gasteiger partial charge in [0.15, 0.2) is 0 Å². The van der Waals surface area contributed by atoms with Crippen molar-refractivity contribution in [1.82, 2.24) is 9.80 Å². The molecule has 24 heavy (non-hydrogen) atoms. The van der Waals surface area contributed by atoms with Crippen molar-refractivity contribution in [3.8, 4) is 0 Å². The maximum atomic E-state index is 13.9. The summed E-state index contributed by atoms with van der Waals surface area (Å²) >= 11 is 0. The van der Waals surface area contributed by atoms with Crippen LogP contribution < -0.4 is 5.32 Å². The highest BCUT2D eigenvalue weighted by molar-refractivity contribution is 7.90. The van der Waals surface area contributed by atoms with E-state index in [0.29, 0.717) is 32.6 Å². The zero-order valence-electron chi connectivity index (χ0n) is 13.3. The van der Waals surface area contributed by atoms with Crippen LogP contribution in [-0.2, 0) is 14.8 Å². The SMILES string of the molecule is CCC(=O)N1CCN(CC2=NS(=O)(=O)c3cccc(F)c3N2)CC1. The van der Waals surface area contributed by atoms with E-state index in [9.17, 15) is 17.6 Å². The minimum absolute atomic E-state index is 0.0534. The van der Waals surface area contributed by atoms with Gasteiger partial charge in [0.2, 0.25) is 5.91 Å². The van der Waals surface area contributed by atoms with Gasteiger partial charge in [0, 0.05) is 32.6 Å². The fraction of sp³-hybridized carbons (Fsp3) is 0.467. The van der Waals surface area contributed by atoms with E-state index in [1.54, 1.807) is 4.90 Å². The third-order valence-electron chi connectivity index (χ3n) is 4.15. The molecule has 7 nitrogen and oxygen atoms in total. The predicted molar refractivity (Wildman–Crippen MR) is 88.0 cm³/mol. The molecular formula is C15H19FN4O3S. The van der Waals surface area contributed by atoms with Crippen LogP contribution in [0.3, 0.4) is 0 Å². The highest BCUT2D eigenvalue weighted by Crippen LogP contribution is 2.29. The number of piperazine rings is 1. The van der Waals surface area contributed by atoms with Crippen LogP contribution in [0.2, 0.25) is 0 Å². The molecule has 1 N–H and O–H groups in total. The zero-order chi connectivity index (χ0) is 17.3. The van der Waals surface area contributed by atoms with Gasteiger partial charge in [-0.3, -0.25) is 9.69 Å². The van der Waals surface area contributed by atoms with Crippen LogP contribution in [0, 0.1) is 5.82 Å². The summed E-state index contributed by atoms with van der Waals surface area (Å²) in [5.74, 6) is -0.314. The summed E-state index contributed by atoms with van der Waals surface area (Å²) in [6.45, 7) is 4.52. The third kappa shape index (κ3) is 3.27. The van der Waals surface area contributed by atoms with Crippen LogP contribution in [-0.4, -0.2) is 62.7 Å². The molecule has 1 fully saturated rings. The number of para-hydroxylation sites is 1. The van der Waals surface area contributed by atoms with Crippen molar-refractivity contribution in [1.29, 1.82) is 0 Å². The van der Waals surface area contributed by atoms with E-state index in [1.807, 2.05) is 11.8 Å². The predicted octanol–water partition coefficient (Wildman–Crippen LogP) is 0.893. The molecule has 1 aromatic rings. The van der Waals surface area contributed by atoms with Crippen LogP contribution >= 0.6 is 0 Å². The molecule has 0 aromatic heterocycles. The lowest BCUT2D eigenvalue weighted by Gasteiger charge is -2.35. The number of carbonyl (C=O) groups is 1. The van der Waals surface area contributed by atoms with Gasteiger partial charge in [-0.05, 0) is 12.1 Å². The van der Waals surface area contributed by atoms with Crippen molar-refractivity contribution in [3.05, 3.63) is 24.0 Å². The van der Waals surface area contributed by atoms with Crippen molar-refractivity contribution >= 4 is 27.5 Å². The van der Waals surface area contributed by atoms with E-state index < -0.39 is 15.8 Å². The Balaban J connectivity index is 1.71. The molecule has 0 saturated carbocycles. The molecule has 2 aliphatic rings. The van der Waals surface area contributed by atoms with Gasteiger partial charge in [-0.15, -0.1) is 4.40 Å². The van der Waals surface area contributed by atoms with Gasteiger partial charge in [0.05, 0.1) is 12.2 Å². The van der Waals surface area contributed by atoms with E-state index in [0.717, 1.165) is 0 Å². The summed E-state index contributed by atoms with van der Waals surface area (Å²) in [6, 6.07) is 3.88. The Morgan fingerprint density at radius 1 is 1.29 bits per heavy atom. The lowest BCUT2D eigenvalue weighted by Crippen LogP contribution is -2.50. The molecule has 0 unspecified atom stereocenters. The Morgan fingerprint density at radius 3 is 2.67 bits per heavy atom. The van der Waals surface area contributed by atoms with E-state index in [1.165, 1.54) is 18.2 Å². The topological polar surface area (TPSA) is 82.1 Å². The van der Waals surface area contributed by atoms with Gasteiger partial charge < -0.3 is 10.2 Å². The van der Waals surface area contributed by atoms with E-state index in [2.05, 4.69) is 9.71 Å². The number of amidine groups is 1. The van der Waals surface area contributed by atoms with Crippen molar-refractivity contribution in [3.63, 3.8) is 0 Å². The lowest BCUT2D eigenvalue weighted by molar-refractivity contribution is -0.132. The first-order chi connectivity index (χ1) is 11.4. The summed E-state index contributed by atoms with van der Waals surface area (Å²) in [5, 5.41) is 2.79. The summed E-state index contributed by atoms with van der Waals surface area (Å²) in [5.41, 5.74) is -0.0534. The summed E-state index contributed by atoms with van der Waals surface area (Å²) in [6.07, 6.45) is 0.475. The van der Waals surface area contributed by atoms with Crippen molar-refractivity contribution in [2.24, 2.45) is 4.40 Å². The van der Waals surface area contributed by atoms with Crippen molar-refractivity contribution < 1.29 is 17.6 Å². The smallest absolute Gasteiger partial charge is 0.286 e. The second kappa shape index (κ2) is 6.48. The van der Waals surface area contributed by atoms with Gasteiger partial charge in [0.25, 0.3) is 10.0 Å². The molecular weight excluding hydrogens is 335 g/mol. The highest BCUT2D eigenvalue weighted by atomic mass is 32.2. The number of halogens is 1. The number of sulfonamides is 1. The Labute approximate surface area is 140 Å². The summed E-state index contributed by atoms with van der Waals surface area (Å²) in [7, 11) is -3.90. The van der Waals surface area contributed by atoms with E-state index >= 15 is 0 Å². The third-order valence-corrected chi connectivity index (χ3v) is 5.51. The summed E-state index contributed by atoms with van der Waals surface area (Å²) < 4.78 is 42.0. The normalized spacial score (nSPS) is 20.1. The fourth-order valence-electron chi connectivity index (χ4n) is 2.86. The van der Waals surface area contributed by atoms with Crippen molar-refractivity contribution in [2.45, 2.75) is 18.2 Å². The maximum Gasteiger partial charge on any atom is 0.286 e. The Morgan fingerprint density at radius 2 is 2.00 bits per heavy atom. The number of anilines is 1. The first kappa shape index (κ1) is 16.8. The van der Waals surface area contributed by atoms with Gasteiger partial charge in [-0.1, -0.05) is 13.0 Å². The minimum Gasteiger partial charge on any atom is -0.340 e. The second-order valence-electron chi connectivity index (χ2n) is 5.76. The number of benzene rings is 1. The number of hydrogen-bond donors (Lipinski definition) is 1. The van der Waals surface area contributed by atoms with Crippen LogP contribution in [0.1, 0.15) is 13.3 Å². The monoisotopic (exact) mass is 354 g/mol. The van der Waals surface area contributed by atoms with Gasteiger partial charge in [-0.2, -0.15) is 8.42 Å². The number of rotatable bonds is 3. The molecule has 0 atom stereocenters. The Bertz CT molecular complexity index is 786. The quantitative estimate of drug-likeness (QED) is 0.872. The van der Waals surface area contributed by atoms with Crippen LogP contribution in [0.15, 0.2) is 27.5 Å². The molecule has 2 heterocycles. The number of fused-ring (bicyclic) bond motifs is 1. The number of nitrogens with zero attached hydrogens (tertiary/aromatic N) is 3. The number of amides is 1. The molecule has 0 spiro atoms. The molecule has 1 saturated heterocycles. The van der Waals surface area contributed by atoms with Crippen molar-refractivity contribution in [2.75, 3.05) is 38.0 Å². The average molecular weight is 354 g/mol. The standard InChI is InChI=1S/C15H19FN4O3S/c1-2-14(21)20-8-6-19(7-9-20)10-13-17-15-11(16)4-3-5-12(15)24(22,23)18-13/h3-5H,2,6-10H2,1H3,(H,17,18). The largest absolute Gasteiger partial charge is 0.340 e. The van der Waals surface area contributed by atoms with Crippen LogP contribution in [0.25, 0.3) is 0 Å². The number of carbonyl (C=O) groups excluding carboxylic acids is 1. The fourth-order valence-corrected chi connectivity index (χ4v) is 4.01. The molecule has 1 aromatic carbocycles. The molecule has 0 aliphatic carbocycles. The highest BCUT2D eigenvalue weighted by Gasteiger charge is 2.29. The number of nitrogens with one attached hydrogen (secondary N) is 1. The lowest BCUT2D eigenvalue weighted by atomic mass is 10.2. The molecule has 9 heteroatoms. The molecule has 1 amide bonds. The molecule has 3 rings (SSSR count). The van der Waals surface area contributed by atoms with Gasteiger partial charge in [0.1, 0.15) is 16.5 Å². The van der Waals surface area contributed by atoms with Gasteiger partial charge >= 0.3 is 0 Å². The molecule has 130 valence electrons. The summed E-state index contributed by atoms with van der Waals surface area (Å²) in [4.78, 5) is 15.3. The Hall–Kier alpha value is -2.00. The maximum absolute atomic E-state index is 13.9. The number of hydrogen-bond acceptors (Lipinski definition) is 5. The van der Waals surface area contributed by atoms with Gasteiger partial charge in [-0.25, -0.2) is 4.39 Å². The Kier molecular flexibility index (Phi) is 4.55. The molecule has 0 bridgehead atoms. The first-order valence-corrected chi connectivity index (χ1v) is 9.24. The molecule has 2 aliphatic heterocycles. The molecule has 0 radical (unpaired) electrons. The first-order valence-electron chi connectivity index (χ1n) is 7.80. The minimum atomic E-state index is -3.90. The second-order valence-corrected chi connectivity index (χ2v) is 7.33. The van der Waals surface area contributed by atoms with Crippen LogP contribution in [0.4, 0.5) is 10.1 Å². The zero-order valence-corrected chi connectivity index (χ0v) is 14.1. The average Bonchev–Trinajstić information content (AvgIpc) is 2.55. The van der Waals surface area contributed by atoms with E-state index in [4.69, 9.17) is 0 Å². The van der Waals surface area contributed by atoms with Crippen LogP contribution in [0.5, 0.6) is 0 Å². The van der Waals surface area contributed by atoms with E-state index in [-0.39, 0.29) is 28.9 Å².